The van der Waals surface area contributed by atoms with E-state index in [0.717, 1.165) is 11.6 Å². The van der Waals surface area contributed by atoms with E-state index >= 15 is 0 Å². The number of rotatable bonds is 4. The number of phenols is 1. The summed E-state index contributed by atoms with van der Waals surface area (Å²) in [4.78, 5) is 14.6. The predicted octanol–water partition coefficient (Wildman–Crippen LogP) is 1.74. The molecule has 0 spiro atoms. The van der Waals surface area contributed by atoms with Gasteiger partial charge in [-0.05, 0) is 25.1 Å². The van der Waals surface area contributed by atoms with E-state index in [1.54, 1.807) is 36.3 Å². The van der Waals surface area contributed by atoms with Crippen molar-refractivity contribution in [2.75, 3.05) is 13.7 Å². The Balaban J connectivity index is 1.56. The summed E-state index contributed by atoms with van der Waals surface area (Å²) in [6.45, 7) is 3.30. The van der Waals surface area contributed by atoms with Crippen molar-refractivity contribution in [2.45, 2.75) is 26.1 Å². The van der Waals surface area contributed by atoms with Gasteiger partial charge in [0.2, 0.25) is 0 Å². The number of phenolic OH excluding ortho intramolecular Hbond substituents is 1. The van der Waals surface area contributed by atoms with Gasteiger partial charge >= 0.3 is 0 Å². The summed E-state index contributed by atoms with van der Waals surface area (Å²) >= 11 is 0. The summed E-state index contributed by atoms with van der Waals surface area (Å²) < 4.78 is 7.18. The summed E-state index contributed by atoms with van der Waals surface area (Å²) in [5, 5.41) is 25.3. The highest BCUT2D eigenvalue weighted by Gasteiger charge is 2.30. The molecule has 1 atom stereocenters. The molecular formula is C18H20N6O3. The number of H-pyrrole nitrogens is 1. The Morgan fingerprint density at radius 1 is 1.37 bits per heavy atom. The van der Waals surface area contributed by atoms with Gasteiger partial charge in [0, 0.05) is 19.2 Å². The smallest absolute Gasteiger partial charge is 0.272 e. The number of fused-ring (bicyclic) bond motifs is 1. The molecule has 140 valence electrons. The molecule has 0 saturated heterocycles. The van der Waals surface area contributed by atoms with E-state index in [2.05, 4.69) is 20.4 Å². The number of hydrogen-bond donors (Lipinski definition) is 2. The van der Waals surface area contributed by atoms with Crippen molar-refractivity contribution in [1.29, 1.82) is 0 Å². The lowest BCUT2D eigenvalue weighted by Crippen LogP contribution is -2.41. The topological polar surface area (TPSA) is 109 Å². The van der Waals surface area contributed by atoms with E-state index < -0.39 is 0 Å². The number of aromatic amines is 1. The van der Waals surface area contributed by atoms with Gasteiger partial charge in [0.05, 0.1) is 18.3 Å². The number of para-hydroxylation sites is 1. The van der Waals surface area contributed by atoms with Crippen LogP contribution in [0, 0.1) is 0 Å². The van der Waals surface area contributed by atoms with Crippen LogP contribution in [-0.2, 0) is 17.9 Å². The standard InChI is InChI=1S/C18H20N6O3/c1-11-8-23(9-16-21-22-17(10-27-2)24(11)16)18(26)14-7-13(19-20-14)12-5-3-4-6-15(12)25/h3-7,11,25H,8-10H2,1-2H3,(H,19,20)/t11-/m0/s1. The van der Waals surface area contributed by atoms with Crippen molar-refractivity contribution < 1.29 is 14.6 Å². The van der Waals surface area contributed by atoms with E-state index in [4.69, 9.17) is 4.74 Å². The summed E-state index contributed by atoms with van der Waals surface area (Å²) in [5.74, 6) is 1.44. The molecule has 3 aromatic rings. The number of ether oxygens (including phenoxy) is 1. The molecule has 0 saturated carbocycles. The molecule has 0 unspecified atom stereocenters. The van der Waals surface area contributed by atoms with Crippen LogP contribution < -0.4 is 0 Å². The number of aromatic nitrogens is 5. The zero-order chi connectivity index (χ0) is 19.0. The van der Waals surface area contributed by atoms with Crippen molar-refractivity contribution in [2.24, 2.45) is 0 Å². The van der Waals surface area contributed by atoms with Crippen molar-refractivity contribution in [3.05, 3.63) is 47.7 Å². The molecule has 0 bridgehead atoms. The molecule has 1 aliphatic heterocycles. The maximum atomic E-state index is 12.9. The fourth-order valence-electron chi connectivity index (χ4n) is 3.43. The molecular weight excluding hydrogens is 348 g/mol. The van der Waals surface area contributed by atoms with Gasteiger partial charge in [-0.3, -0.25) is 9.89 Å². The van der Waals surface area contributed by atoms with Crippen molar-refractivity contribution in [1.82, 2.24) is 29.9 Å². The molecule has 9 heteroatoms. The molecule has 0 fully saturated rings. The van der Waals surface area contributed by atoms with Gasteiger partial charge < -0.3 is 19.3 Å². The maximum Gasteiger partial charge on any atom is 0.272 e. The van der Waals surface area contributed by atoms with E-state index in [9.17, 15) is 9.90 Å². The third kappa shape index (κ3) is 3.06. The monoisotopic (exact) mass is 368 g/mol. The van der Waals surface area contributed by atoms with E-state index in [0.29, 0.717) is 36.6 Å². The Morgan fingerprint density at radius 3 is 2.96 bits per heavy atom. The molecule has 2 aromatic heterocycles. The van der Waals surface area contributed by atoms with Crippen LogP contribution in [0.1, 0.15) is 35.1 Å². The van der Waals surface area contributed by atoms with Gasteiger partial charge in [-0.15, -0.1) is 10.2 Å². The molecule has 3 heterocycles. The fourth-order valence-corrected chi connectivity index (χ4v) is 3.43. The van der Waals surface area contributed by atoms with Crippen LogP contribution >= 0.6 is 0 Å². The number of aromatic hydroxyl groups is 1. The Kier molecular flexibility index (Phi) is 4.36. The van der Waals surface area contributed by atoms with Crippen LogP contribution in [0.5, 0.6) is 5.75 Å². The molecule has 2 N–H and O–H groups in total. The Bertz CT molecular complexity index is 979. The summed E-state index contributed by atoms with van der Waals surface area (Å²) in [6.07, 6.45) is 0. The lowest BCUT2D eigenvalue weighted by Gasteiger charge is -2.32. The Labute approximate surface area is 155 Å². The van der Waals surface area contributed by atoms with Gasteiger partial charge in [0.15, 0.2) is 11.6 Å². The molecule has 1 amide bonds. The number of carbonyl (C=O) groups excluding carboxylic acids is 1. The first-order valence-corrected chi connectivity index (χ1v) is 8.63. The zero-order valence-corrected chi connectivity index (χ0v) is 15.1. The lowest BCUT2D eigenvalue weighted by atomic mass is 10.1. The fraction of sp³-hybridized carbons (Fsp3) is 0.333. The first kappa shape index (κ1) is 17.2. The first-order valence-electron chi connectivity index (χ1n) is 8.63. The molecule has 27 heavy (non-hydrogen) atoms. The van der Waals surface area contributed by atoms with Gasteiger partial charge in [-0.25, -0.2) is 0 Å². The van der Waals surface area contributed by atoms with E-state index in [-0.39, 0.29) is 17.7 Å². The maximum absolute atomic E-state index is 12.9. The van der Waals surface area contributed by atoms with E-state index in [1.165, 1.54) is 0 Å². The lowest BCUT2D eigenvalue weighted by molar-refractivity contribution is 0.0669. The molecule has 0 aliphatic carbocycles. The normalized spacial score (nSPS) is 16.4. The number of nitrogens with zero attached hydrogens (tertiary/aromatic N) is 5. The zero-order valence-electron chi connectivity index (χ0n) is 15.1. The summed E-state index contributed by atoms with van der Waals surface area (Å²) in [7, 11) is 1.62. The van der Waals surface area contributed by atoms with E-state index in [1.807, 2.05) is 17.6 Å². The second-order valence-electron chi connectivity index (χ2n) is 6.55. The molecule has 1 aliphatic rings. The number of amides is 1. The number of benzene rings is 1. The Morgan fingerprint density at radius 2 is 2.19 bits per heavy atom. The van der Waals surface area contributed by atoms with Crippen molar-refractivity contribution in [3.8, 4) is 17.0 Å². The van der Waals surface area contributed by atoms with Gasteiger partial charge in [-0.2, -0.15) is 5.10 Å². The average Bonchev–Trinajstić information content (AvgIpc) is 3.30. The first-order chi connectivity index (χ1) is 13.1. The minimum atomic E-state index is -0.168. The van der Waals surface area contributed by atoms with Gasteiger partial charge in [-0.1, -0.05) is 12.1 Å². The van der Waals surface area contributed by atoms with Crippen LogP contribution in [0.15, 0.2) is 30.3 Å². The highest BCUT2D eigenvalue weighted by molar-refractivity contribution is 5.93. The number of hydrogen-bond acceptors (Lipinski definition) is 6. The quantitative estimate of drug-likeness (QED) is 0.726. The third-order valence-corrected chi connectivity index (χ3v) is 4.64. The minimum Gasteiger partial charge on any atom is -0.507 e. The minimum absolute atomic E-state index is 0.0402. The van der Waals surface area contributed by atoms with Crippen LogP contribution in [0.25, 0.3) is 11.3 Å². The average molecular weight is 368 g/mol. The number of methoxy groups -OCH3 is 1. The van der Waals surface area contributed by atoms with Crippen LogP contribution in [0.3, 0.4) is 0 Å². The predicted molar refractivity (Wildman–Crippen MR) is 95.9 cm³/mol. The second kappa shape index (κ2) is 6.84. The van der Waals surface area contributed by atoms with Crippen LogP contribution in [0.2, 0.25) is 0 Å². The largest absolute Gasteiger partial charge is 0.507 e. The highest BCUT2D eigenvalue weighted by atomic mass is 16.5. The number of nitrogens with one attached hydrogen (secondary N) is 1. The molecule has 1 aromatic carbocycles. The SMILES string of the molecule is COCc1nnc2n1[C@@H](C)CN(C(=O)c1cc(-c3ccccc3O)n[nH]1)C2. The number of carbonyl (C=O) groups is 1. The molecule has 0 radical (unpaired) electrons. The summed E-state index contributed by atoms with van der Waals surface area (Å²) in [6, 6.07) is 8.57. The summed E-state index contributed by atoms with van der Waals surface area (Å²) in [5.41, 5.74) is 1.46. The highest BCUT2D eigenvalue weighted by Crippen LogP contribution is 2.28. The van der Waals surface area contributed by atoms with Gasteiger partial charge in [0.25, 0.3) is 5.91 Å². The van der Waals surface area contributed by atoms with Crippen molar-refractivity contribution in [3.63, 3.8) is 0 Å². The molecule has 4 rings (SSSR count). The van der Waals surface area contributed by atoms with Crippen LogP contribution in [-0.4, -0.2) is 54.5 Å². The van der Waals surface area contributed by atoms with Gasteiger partial charge in [0.1, 0.15) is 18.1 Å². The van der Waals surface area contributed by atoms with Crippen molar-refractivity contribution >= 4 is 5.91 Å². The molecule has 9 nitrogen and oxygen atoms in total. The van der Waals surface area contributed by atoms with Crippen LogP contribution in [0.4, 0.5) is 0 Å². The Hall–Kier alpha value is -3.20. The third-order valence-electron chi connectivity index (χ3n) is 4.64. The second-order valence-corrected chi connectivity index (χ2v) is 6.55.